The standard InChI is InChI=1S/C22H28O7/c1-15(23)19-17(26-3)14-18(29-16(2)24)20-21(19)27-12-10-8-6-4-5-7-9-11-13-28-22(20)25/h4-5,14H,6-13H2,1-3H3. The van der Waals surface area contributed by atoms with Crippen molar-refractivity contribution in [3.63, 3.8) is 0 Å². The first-order valence-electron chi connectivity index (χ1n) is 9.85. The Morgan fingerprint density at radius 1 is 0.931 bits per heavy atom. The molecule has 0 fully saturated rings. The van der Waals surface area contributed by atoms with Gasteiger partial charge in [0, 0.05) is 13.0 Å². The molecular weight excluding hydrogens is 376 g/mol. The number of hydrogen-bond acceptors (Lipinski definition) is 7. The van der Waals surface area contributed by atoms with Gasteiger partial charge in [0.25, 0.3) is 0 Å². The summed E-state index contributed by atoms with van der Waals surface area (Å²) in [5.41, 5.74) is 0.0544. The Bertz CT molecular complexity index is 780. The first-order valence-corrected chi connectivity index (χ1v) is 9.85. The lowest BCUT2D eigenvalue weighted by molar-refractivity contribution is -0.131. The second-order valence-electron chi connectivity index (χ2n) is 6.75. The van der Waals surface area contributed by atoms with E-state index in [-0.39, 0.29) is 40.8 Å². The van der Waals surface area contributed by atoms with Gasteiger partial charge < -0.3 is 18.9 Å². The van der Waals surface area contributed by atoms with E-state index < -0.39 is 11.9 Å². The number of cyclic esters (lactones) is 1. The normalized spacial score (nSPS) is 15.8. The zero-order valence-electron chi connectivity index (χ0n) is 17.2. The van der Waals surface area contributed by atoms with Crippen LogP contribution in [0.15, 0.2) is 18.2 Å². The van der Waals surface area contributed by atoms with E-state index in [0.717, 1.165) is 32.1 Å². The summed E-state index contributed by atoms with van der Waals surface area (Å²) in [5, 5.41) is 0. The number of carbonyl (C=O) groups is 3. The predicted molar refractivity (Wildman–Crippen MR) is 107 cm³/mol. The highest BCUT2D eigenvalue weighted by molar-refractivity contribution is 6.06. The molecule has 1 heterocycles. The zero-order chi connectivity index (χ0) is 21.2. The summed E-state index contributed by atoms with van der Waals surface area (Å²) >= 11 is 0. The molecular formula is C22H28O7. The van der Waals surface area contributed by atoms with Crippen LogP contribution in [-0.2, 0) is 9.53 Å². The van der Waals surface area contributed by atoms with Crippen molar-refractivity contribution in [3.8, 4) is 17.2 Å². The van der Waals surface area contributed by atoms with Crippen LogP contribution in [0.25, 0.3) is 0 Å². The molecule has 2 rings (SSSR count). The molecule has 1 aliphatic rings. The fourth-order valence-corrected chi connectivity index (χ4v) is 3.05. The molecule has 29 heavy (non-hydrogen) atoms. The number of allylic oxidation sites excluding steroid dienone is 2. The monoisotopic (exact) mass is 404 g/mol. The SMILES string of the molecule is COc1cc(OC(C)=O)c2c(c1C(C)=O)OCCCCC=CCCCCOC2=O. The Kier molecular flexibility index (Phi) is 8.70. The first kappa shape index (κ1) is 22.5. The van der Waals surface area contributed by atoms with E-state index in [1.165, 1.54) is 27.0 Å². The van der Waals surface area contributed by atoms with Gasteiger partial charge in [-0.1, -0.05) is 12.2 Å². The first-order chi connectivity index (χ1) is 14.0. The lowest BCUT2D eigenvalue weighted by Gasteiger charge is -2.19. The highest BCUT2D eigenvalue weighted by atomic mass is 16.6. The number of fused-ring (bicyclic) bond motifs is 1. The summed E-state index contributed by atoms with van der Waals surface area (Å²) in [4.78, 5) is 36.8. The fourth-order valence-electron chi connectivity index (χ4n) is 3.05. The minimum atomic E-state index is -0.702. The Morgan fingerprint density at radius 3 is 2.10 bits per heavy atom. The van der Waals surface area contributed by atoms with E-state index in [9.17, 15) is 14.4 Å². The van der Waals surface area contributed by atoms with Crippen LogP contribution in [0.1, 0.15) is 73.1 Å². The van der Waals surface area contributed by atoms with Gasteiger partial charge in [-0.25, -0.2) is 4.79 Å². The van der Waals surface area contributed by atoms with Gasteiger partial charge in [0.15, 0.2) is 17.3 Å². The summed E-state index contributed by atoms with van der Waals surface area (Å²) < 4.78 is 21.8. The maximum atomic E-state index is 12.9. The van der Waals surface area contributed by atoms with Crippen molar-refractivity contribution >= 4 is 17.7 Å². The van der Waals surface area contributed by atoms with Crippen molar-refractivity contribution < 1.29 is 33.3 Å². The largest absolute Gasteiger partial charge is 0.496 e. The molecule has 0 spiro atoms. The summed E-state index contributed by atoms with van der Waals surface area (Å²) in [5.74, 6) is -1.50. The summed E-state index contributed by atoms with van der Waals surface area (Å²) in [6.07, 6.45) is 9.37. The molecule has 0 amide bonds. The number of hydrogen-bond donors (Lipinski definition) is 0. The van der Waals surface area contributed by atoms with Crippen molar-refractivity contribution in [1.82, 2.24) is 0 Å². The van der Waals surface area contributed by atoms with Crippen molar-refractivity contribution in [1.29, 1.82) is 0 Å². The third-order valence-corrected chi connectivity index (χ3v) is 4.42. The molecule has 7 nitrogen and oxygen atoms in total. The van der Waals surface area contributed by atoms with E-state index in [0.29, 0.717) is 13.0 Å². The Balaban J connectivity index is 2.54. The van der Waals surface area contributed by atoms with E-state index in [1.54, 1.807) is 0 Å². The van der Waals surface area contributed by atoms with Gasteiger partial charge in [0.05, 0.1) is 20.3 Å². The van der Waals surface area contributed by atoms with Crippen LogP contribution in [0.5, 0.6) is 17.2 Å². The minimum Gasteiger partial charge on any atom is -0.496 e. The number of benzene rings is 1. The van der Waals surface area contributed by atoms with E-state index in [4.69, 9.17) is 18.9 Å². The lowest BCUT2D eigenvalue weighted by atomic mass is 10.0. The quantitative estimate of drug-likeness (QED) is 0.322. The van der Waals surface area contributed by atoms with Crippen LogP contribution < -0.4 is 14.2 Å². The molecule has 1 aromatic carbocycles. The van der Waals surface area contributed by atoms with Gasteiger partial charge in [-0.2, -0.15) is 0 Å². The molecule has 158 valence electrons. The van der Waals surface area contributed by atoms with E-state index >= 15 is 0 Å². The summed E-state index contributed by atoms with van der Waals surface area (Å²) in [6.45, 7) is 3.09. The molecule has 0 atom stereocenters. The fraction of sp³-hybridized carbons (Fsp3) is 0.500. The topological polar surface area (TPSA) is 88.1 Å². The van der Waals surface area contributed by atoms with Crippen LogP contribution in [0.2, 0.25) is 0 Å². The smallest absolute Gasteiger partial charge is 0.345 e. The Labute approximate surface area is 171 Å². The van der Waals surface area contributed by atoms with Gasteiger partial charge in [0.2, 0.25) is 0 Å². The van der Waals surface area contributed by atoms with Crippen molar-refractivity contribution in [2.24, 2.45) is 0 Å². The summed E-state index contributed by atoms with van der Waals surface area (Å²) in [6, 6.07) is 1.35. The molecule has 0 N–H and O–H groups in total. The van der Waals surface area contributed by atoms with Crippen molar-refractivity contribution in [2.75, 3.05) is 20.3 Å². The molecule has 1 aliphatic heterocycles. The van der Waals surface area contributed by atoms with E-state index in [1.807, 2.05) is 0 Å². The number of methoxy groups -OCH3 is 1. The van der Waals surface area contributed by atoms with Crippen LogP contribution >= 0.6 is 0 Å². The van der Waals surface area contributed by atoms with Crippen LogP contribution in [-0.4, -0.2) is 38.0 Å². The van der Waals surface area contributed by atoms with Gasteiger partial charge in [-0.15, -0.1) is 0 Å². The second-order valence-corrected chi connectivity index (χ2v) is 6.75. The molecule has 0 saturated carbocycles. The van der Waals surface area contributed by atoms with Gasteiger partial charge in [0.1, 0.15) is 16.9 Å². The third-order valence-electron chi connectivity index (χ3n) is 4.42. The third kappa shape index (κ3) is 6.34. The number of esters is 2. The Morgan fingerprint density at radius 2 is 1.55 bits per heavy atom. The molecule has 0 unspecified atom stereocenters. The van der Waals surface area contributed by atoms with Crippen molar-refractivity contribution in [3.05, 3.63) is 29.3 Å². The maximum absolute atomic E-state index is 12.9. The number of ketones is 1. The van der Waals surface area contributed by atoms with Crippen LogP contribution in [0, 0.1) is 0 Å². The predicted octanol–water partition coefficient (Wildman–Crippen LogP) is 4.27. The zero-order valence-corrected chi connectivity index (χ0v) is 17.2. The molecule has 0 saturated heterocycles. The Hall–Kier alpha value is -2.83. The molecule has 0 bridgehead atoms. The lowest BCUT2D eigenvalue weighted by Crippen LogP contribution is -2.16. The minimum absolute atomic E-state index is 0.0310. The van der Waals surface area contributed by atoms with Gasteiger partial charge in [-0.3, -0.25) is 9.59 Å². The number of rotatable bonds is 3. The molecule has 7 heteroatoms. The van der Waals surface area contributed by atoms with Crippen molar-refractivity contribution in [2.45, 2.75) is 52.4 Å². The van der Waals surface area contributed by atoms with Crippen LogP contribution in [0.4, 0.5) is 0 Å². The number of Topliss-reactive ketones (excluding diaryl/α,β-unsaturated/α-hetero) is 1. The second kappa shape index (κ2) is 11.2. The maximum Gasteiger partial charge on any atom is 0.345 e. The van der Waals surface area contributed by atoms with E-state index in [2.05, 4.69) is 12.2 Å². The molecule has 1 aromatic rings. The number of ether oxygens (including phenoxy) is 4. The highest BCUT2D eigenvalue weighted by Gasteiger charge is 2.30. The highest BCUT2D eigenvalue weighted by Crippen LogP contribution is 2.40. The average Bonchev–Trinajstić information content (AvgIpc) is 2.67. The van der Waals surface area contributed by atoms with Gasteiger partial charge >= 0.3 is 11.9 Å². The molecule has 0 aromatic heterocycles. The summed E-state index contributed by atoms with van der Waals surface area (Å²) in [7, 11) is 1.39. The number of carbonyl (C=O) groups excluding carboxylic acids is 3. The molecule has 0 radical (unpaired) electrons. The molecule has 0 aliphatic carbocycles. The van der Waals surface area contributed by atoms with Crippen LogP contribution in [0.3, 0.4) is 0 Å². The average molecular weight is 404 g/mol. The van der Waals surface area contributed by atoms with Gasteiger partial charge in [-0.05, 0) is 45.4 Å².